The number of carbonyl (C=O) groups is 1. The smallest absolute Gasteiger partial charge is 0.224 e. The van der Waals surface area contributed by atoms with Crippen LogP contribution in [0.2, 0.25) is 0 Å². The molecule has 4 nitrogen and oxygen atoms in total. The highest BCUT2D eigenvalue weighted by atomic mass is 16.1. The molecule has 3 rings (SSSR count). The van der Waals surface area contributed by atoms with E-state index >= 15 is 0 Å². The zero-order valence-corrected chi connectivity index (χ0v) is 11.2. The predicted octanol–water partition coefficient (Wildman–Crippen LogP) is 1.83. The van der Waals surface area contributed by atoms with Crippen LogP contribution >= 0.6 is 0 Å². The van der Waals surface area contributed by atoms with Crippen LogP contribution in [-0.2, 0) is 4.79 Å². The Morgan fingerprint density at radius 1 is 1.21 bits per heavy atom. The number of carbonyl (C=O) groups excluding carboxylic acids is 1. The summed E-state index contributed by atoms with van der Waals surface area (Å²) in [5.74, 6) is 0.789. The van der Waals surface area contributed by atoms with Gasteiger partial charge in [0.05, 0.1) is 0 Å². The number of hydrogen-bond donors (Lipinski definition) is 2. The van der Waals surface area contributed by atoms with Crippen LogP contribution in [0.25, 0.3) is 0 Å². The third-order valence-corrected chi connectivity index (χ3v) is 3.80. The summed E-state index contributed by atoms with van der Waals surface area (Å²) in [4.78, 5) is 14.1. The van der Waals surface area contributed by atoms with Crippen LogP contribution in [0.15, 0.2) is 24.3 Å². The highest BCUT2D eigenvalue weighted by molar-refractivity contribution is 5.91. The Morgan fingerprint density at radius 3 is 2.53 bits per heavy atom. The van der Waals surface area contributed by atoms with Crippen LogP contribution in [0.4, 0.5) is 11.4 Å². The van der Waals surface area contributed by atoms with Crippen molar-refractivity contribution in [2.75, 3.05) is 36.4 Å². The molecule has 0 spiro atoms. The van der Waals surface area contributed by atoms with Crippen molar-refractivity contribution in [2.45, 2.75) is 19.3 Å². The molecule has 0 atom stereocenters. The van der Waals surface area contributed by atoms with Gasteiger partial charge in [-0.15, -0.1) is 0 Å². The minimum absolute atomic E-state index is 0.150. The van der Waals surface area contributed by atoms with E-state index in [-0.39, 0.29) is 5.91 Å². The molecule has 0 bridgehead atoms. The van der Waals surface area contributed by atoms with Crippen LogP contribution in [0, 0.1) is 5.92 Å². The van der Waals surface area contributed by atoms with E-state index in [4.69, 9.17) is 0 Å². The maximum Gasteiger partial charge on any atom is 0.224 e. The lowest BCUT2D eigenvalue weighted by atomic mass is 10.2. The second kappa shape index (κ2) is 5.61. The third-order valence-electron chi connectivity index (χ3n) is 3.80. The van der Waals surface area contributed by atoms with Gasteiger partial charge < -0.3 is 15.5 Å². The van der Waals surface area contributed by atoms with Gasteiger partial charge in [0.2, 0.25) is 5.91 Å². The summed E-state index contributed by atoms with van der Waals surface area (Å²) in [5, 5.41) is 6.32. The lowest BCUT2D eigenvalue weighted by molar-refractivity contribution is -0.116. The third kappa shape index (κ3) is 3.47. The Morgan fingerprint density at radius 2 is 1.89 bits per heavy atom. The summed E-state index contributed by atoms with van der Waals surface area (Å²) in [7, 11) is 0. The van der Waals surface area contributed by atoms with E-state index in [1.807, 2.05) is 12.1 Å². The van der Waals surface area contributed by atoms with Crippen LogP contribution in [-0.4, -0.2) is 32.1 Å². The van der Waals surface area contributed by atoms with E-state index in [2.05, 4.69) is 27.7 Å². The van der Waals surface area contributed by atoms with E-state index in [1.165, 1.54) is 18.5 Å². The first-order chi connectivity index (χ1) is 9.31. The summed E-state index contributed by atoms with van der Waals surface area (Å²) in [6.07, 6.45) is 3.12. The van der Waals surface area contributed by atoms with Crippen LogP contribution < -0.4 is 15.5 Å². The zero-order chi connectivity index (χ0) is 13.1. The van der Waals surface area contributed by atoms with Crippen molar-refractivity contribution >= 4 is 17.3 Å². The van der Waals surface area contributed by atoms with Gasteiger partial charge in [-0.1, -0.05) is 0 Å². The standard InChI is InChI=1S/C15H21N3O/c19-15(11-12-1-2-12)17-13-3-5-14(6-4-13)18-9-7-16-8-10-18/h3-6,12,16H,1-2,7-11H2,(H,17,19). The van der Waals surface area contributed by atoms with Gasteiger partial charge in [-0.25, -0.2) is 0 Å². The molecular weight excluding hydrogens is 238 g/mol. The molecule has 0 radical (unpaired) electrons. The van der Waals surface area contributed by atoms with E-state index in [0.717, 1.165) is 31.9 Å². The average Bonchev–Trinajstić information content (AvgIpc) is 3.24. The maximum atomic E-state index is 11.7. The van der Waals surface area contributed by atoms with Crippen molar-refractivity contribution in [3.63, 3.8) is 0 Å². The van der Waals surface area contributed by atoms with E-state index in [1.54, 1.807) is 0 Å². The summed E-state index contributed by atoms with van der Waals surface area (Å²) in [5.41, 5.74) is 2.14. The monoisotopic (exact) mass is 259 g/mol. The van der Waals surface area contributed by atoms with Gasteiger partial charge >= 0.3 is 0 Å². The van der Waals surface area contributed by atoms with Crippen molar-refractivity contribution < 1.29 is 4.79 Å². The number of rotatable bonds is 4. The SMILES string of the molecule is O=C(CC1CC1)Nc1ccc(N2CCNCC2)cc1. The topological polar surface area (TPSA) is 44.4 Å². The van der Waals surface area contributed by atoms with Gasteiger partial charge in [0.1, 0.15) is 0 Å². The summed E-state index contributed by atoms with van der Waals surface area (Å²) in [6.45, 7) is 4.18. The molecule has 0 aromatic heterocycles. The molecular formula is C15H21N3O. The largest absolute Gasteiger partial charge is 0.369 e. The molecule has 1 heterocycles. The summed E-state index contributed by atoms with van der Waals surface area (Å²) in [6, 6.07) is 8.19. The Bertz CT molecular complexity index is 433. The minimum atomic E-state index is 0.150. The van der Waals surface area contributed by atoms with Gasteiger partial charge in [0, 0.05) is 44.0 Å². The molecule has 1 aliphatic carbocycles. The molecule has 1 saturated carbocycles. The van der Waals surface area contributed by atoms with Crippen molar-refractivity contribution in [1.82, 2.24) is 5.32 Å². The molecule has 102 valence electrons. The Balaban J connectivity index is 1.56. The molecule has 2 aliphatic rings. The molecule has 0 unspecified atom stereocenters. The van der Waals surface area contributed by atoms with Gasteiger partial charge in [0.25, 0.3) is 0 Å². The lowest BCUT2D eigenvalue weighted by Crippen LogP contribution is -2.43. The fraction of sp³-hybridized carbons (Fsp3) is 0.533. The Hall–Kier alpha value is -1.55. The molecule has 1 aromatic carbocycles. The highest BCUT2D eigenvalue weighted by Gasteiger charge is 2.24. The van der Waals surface area contributed by atoms with Crippen LogP contribution in [0.3, 0.4) is 0 Å². The second-order valence-electron chi connectivity index (χ2n) is 5.48. The van der Waals surface area contributed by atoms with Gasteiger partial charge in [0.15, 0.2) is 0 Å². The number of benzene rings is 1. The van der Waals surface area contributed by atoms with Crippen molar-refractivity contribution in [3.8, 4) is 0 Å². The van der Waals surface area contributed by atoms with Crippen LogP contribution in [0.1, 0.15) is 19.3 Å². The second-order valence-corrected chi connectivity index (χ2v) is 5.48. The summed E-state index contributed by atoms with van der Waals surface area (Å²) >= 11 is 0. The summed E-state index contributed by atoms with van der Waals surface area (Å²) < 4.78 is 0. The first-order valence-corrected chi connectivity index (χ1v) is 7.17. The van der Waals surface area contributed by atoms with Crippen molar-refractivity contribution in [2.24, 2.45) is 5.92 Å². The first kappa shape index (κ1) is 12.5. The predicted molar refractivity (Wildman–Crippen MR) is 77.5 cm³/mol. The van der Waals surface area contributed by atoms with E-state index in [9.17, 15) is 4.79 Å². The van der Waals surface area contributed by atoms with Crippen LogP contribution in [0.5, 0.6) is 0 Å². The van der Waals surface area contributed by atoms with Gasteiger partial charge in [-0.05, 0) is 43.0 Å². The Labute approximate surface area is 114 Å². The first-order valence-electron chi connectivity index (χ1n) is 7.17. The molecule has 1 aliphatic heterocycles. The molecule has 2 fully saturated rings. The number of amides is 1. The quantitative estimate of drug-likeness (QED) is 0.867. The molecule has 1 amide bonds. The average molecular weight is 259 g/mol. The molecule has 19 heavy (non-hydrogen) atoms. The number of hydrogen-bond acceptors (Lipinski definition) is 3. The van der Waals surface area contributed by atoms with Gasteiger partial charge in [-0.3, -0.25) is 4.79 Å². The van der Waals surface area contributed by atoms with E-state index < -0.39 is 0 Å². The lowest BCUT2D eigenvalue weighted by Gasteiger charge is -2.29. The van der Waals surface area contributed by atoms with Crippen molar-refractivity contribution in [3.05, 3.63) is 24.3 Å². The molecule has 4 heteroatoms. The normalized spacial score (nSPS) is 19.3. The fourth-order valence-corrected chi connectivity index (χ4v) is 2.47. The fourth-order valence-electron chi connectivity index (χ4n) is 2.47. The molecule has 2 N–H and O–H groups in total. The zero-order valence-electron chi connectivity index (χ0n) is 11.2. The van der Waals surface area contributed by atoms with Gasteiger partial charge in [-0.2, -0.15) is 0 Å². The minimum Gasteiger partial charge on any atom is -0.369 e. The highest BCUT2D eigenvalue weighted by Crippen LogP contribution is 2.32. The number of nitrogens with one attached hydrogen (secondary N) is 2. The maximum absolute atomic E-state index is 11.7. The molecule has 1 aromatic rings. The number of piperazine rings is 1. The molecule has 1 saturated heterocycles. The number of nitrogens with zero attached hydrogens (tertiary/aromatic N) is 1. The van der Waals surface area contributed by atoms with Crippen molar-refractivity contribution in [1.29, 1.82) is 0 Å². The van der Waals surface area contributed by atoms with E-state index in [0.29, 0.717) is 12.3 Å². The Kier molecular flexibility index (Phi) is 3.69. The number of anilines is 2.